The minimum Gasteiger partial charge on any atom is -0.451 e. The summed E-state index contributed by atoms with van der Waals surface area (Å²) in [7, 11) is 0. The maximum absolute atomic E-state index is 12.1. The molecule has 0 amide bonds. The van der Waals surface area contributed by atoms with Crippen molar-refractivity contribution in [2.75, 3.05) is 0 Å². The topological polar surface area (TPSA) is 43.4 Å². The average molecular weight is 246 g/mol. The molecule has 1 fully saturated rings. The Balaban J connectivity index is 2.27. The summed E-state index contributed by atoms with van der Waals surface area (Å²) < 4.78 is 5.13. The molecule has 1 heterocycles. The van der Waals surface area contributed by atoms with Crippen molar-refractivity contribution in [1.82, 2.24) is 0 Å². The monoisotopic (exact) mass is 246 g/mol. The first-order valence-electron chi connectivity index (χ1n) is 6.14. The fourth-order valence-electron chi connectivity index (χ4n) is 2.32. The van der Waals surface area contributed by atoms with Crippen LogP contribution in [0, 0.1) is 19.8 Å². The van der Waals surface area contributed by atoms with Gasteiger partial charge in [-0.25, -0.2) is 0 Å². The van der Waals surface area contributed by atoms with Crippen molar-refractivity contribution in [2.45, 2.75) is 39.7 Å². The van der Waals surface area contributed by atoms with Crippen LogP contribution in [0.15, 0.2) is 18.2 Å². The molecule has 3 nitrogen and oxygen atoms in total. The van der Waals surface area contributed by atoms with Crippen LogP contribution in [0.25, 0.3) is 0 Å². The number of carbonyl (C=O) groups excluding carboxylic acids is 2. The fourth-order valence-corrected chi connectivity index (χ4v) is 2.32. The zero-order chi connectivity index (χ0) is 13.5. The van der Waals surface area contributed by atoms with Gasteiger partial charge in [-0.2, -0.15) is 0 Å². The quantitative estimate of drug-likeness (QED) is 0.594. The number of carbonyl (C=O) groups is 2. The van der Waals surface area contributed by atoms with Crippen molar-refractivity contribution in [3.05, 3.63) is 34.9 Å². The summed E-state index contributed by atoms with van der Waals surface area (Å²) in [5, 5.41) is 0. The molecule has 1 aliphatic heterocycles. The first-order chi connectivity index (χ1) is 8.31. The molecule has 1 aliphatic rings. The lowest BCUT2D eigenvalue weighted by Crippen LogP contribution is -2.30. The van der Waals surface area contributed by atoms with Gasteiger partial charge in [-0.05, 0) is 45.2 Å². The fraction of sp³-hybridized carbons (Fsp3) is 0.467. The van der Waals surface area contributed by atoms with Crippen molar-refractivity contribution >= 4 is 11.8 Å². The highest BCUT2D eigenvalue weighted by Gasteiger charge is 2.48. The van der Waals surface area contributed by atoms with Crippen LogP contribution in [-0.2, 0) is 20.7 Å². The van der Waals surface area contributed by atoms with Crippen LogP contribution < -0.4 is 0 Å². The molecule has 0 aliphatic carbocycles. The molecule has 1 aromatic rings. The molecule has 0 N–H and O–H groups in total. The normalized spacial score (nSPS) is 22.1. The minimum absolute atomic E-state index is 0.117. The first kappa shape index (κ1) is 12.8. The van der Waals surface area contributed by atoms with E-state index in [9.17, 15) is 9.59 Å². The van der Waals surface area contributed by atoms with E-state index in [0.29, 0.717) is 6.42 Å². The Morgan fingerprint density at radius 1 is 1.22 bits per heavy atom. The summed E-state index contributed by atoms with van der Waals surface area (Å²) in [5.41, 5.74) is 2.31. The number of aryl methyl sites for hydroxylation is 2. The van der Waals surface area contributed by atoms with Gasteiger partial charge >= 0.3 is 5.97 Å². The van der Waals surface area contributed by atoms with E-state index >= 15 is 0 Å². The third-order valence-corrected chi connectivity index (χ3v) is 3.48. The Morgan fingerprint density at radius 3 is 2.44 bits per heavy atom. The van der Waals surface area contributed by atoms with Gasteiger partial charge in [-0.15, -0.1) is 0 Å². The number of Topliss-reactive ketones (excluding diaryl/α,β-unsaturated/α-hetero) is 1. The lowest BCUT2D eigenvalue weighted by atomic mass is 9.88. The molecule has 1 atom stereocenters. The van der Waals surface area contributed by atoms with Gasteiger partial charge in [0.05, 0.1) is 0 Å². The van der Waals surface area contributed by atoms with E-state index in [0.717, 1.165) is 16.7 Å². The van der Waals surface area contributed by atoms with Crippen LogP contribution in [0.5, 0.6) is 0 Å². The third-order valence-electron chi connectivity index (χ3n) is 3.48. The van der Waals surface area contributed by atoms with Crippen LogP contribution in [0.2, 0.25) is 0 Å². The first-order valence-corrected chi connectivity index (χ1v) is 6.14. The lowest BCUT2D eigenvalue weighted by Gasteiger charge is -2.13. The van der Waals surface area contributed by atoms with Gasteiger partial charge in [0.25, 0.3) is 0 Å². The van der Waals surface area contributed by atoms with E-state index in [-0.39, 0.29) is 5.78 Å². The molecule has 18 heavy (non-hydrogen) atoms. The summed E-state index contributed by atoms with van der Waals surface area (Å²) in [6.45, 7) is 7.29. The van der Waals surface area contributed by atoms with E-state index in [1.54, 1.807) is 13.8 Å². The molecule has 2 rings (SSSR count). The second-order valence-electron chi connectivity index (χ2n) is 5.48. The van der Waals surface area contributed by atoms with Crippen LogP contribution in [0.4, 0.5) is 0 Å². The zero-order valence-electron chi connectivity index (χ0n) is 11.2. The minimum atomic E-state index is -0.973. The molecule has 0 aromatic heterocycles. The Hall–Kier alpha value is -1.64. The molecule has 3 heteroatoms. The summed E-state index contributed by atoms with van der Waals surface area (Å²) in [5.74, 6) is -1.17. The summed E-state index contributed by atoms with van der Waals surface area (Å²) >= 11 is 0. The molecule has 0 radical (unpaired) electrons. The number of ether oxygens (including phenoxy) is 1. The molecule has 1 saturated heterocycles. The van der Waals surface area contributed by atoms with E-state index in [4.69, 9.17) is 4.74 Å². The second-order valence-corrected chi connectivity index (χ2v) is 5.48. The van der Waals surface area contributed by atoms with Gasteiger partial charge in [0.1, 0.15) is 5.92 Å². The summed E-state index contributed by atoms with van der Waals surface area (Å²) in [6, 6.07) is 6.07. The van der Waals surface area contributed by atoms with Gasteiger partial charge in [0.15, 0.2) is 11.4 Å². The van der Waals surface area contributed by atoms with Crippen LogP contribution in [0.3, 0.4) is 0 Å². The smallest absolute Gasteiger partial charge is 0.317 e. The highest BCUT2D eigenvalue weighted by atomic mass is 16.6. The Bertz CT molecular complexity index is 514. The molecule has 0 bridgehead atoms. The molecular formula is C15H18O3. The molecule has 0 saturated carbocycles. The van der Waals surface area contributed by atoms with Crippen molar-refractivity contribution in [3.8, 4) is 0 Å². The largest absolute Gasteiger partial charge is 0.451 e. The van der Waals surface area contributed by atoms with Crippen molar-refractivity contribution in [3.63, 3.8) is 0 Å². The highest BCUT2D eigenvalue weighted by molar-refractivity contribution is 6.08. The van der Waals surface area contributed by atoms with Gasteiger partial charge < -0.3 is 4.74 Å². The third kappa shape index (κ3) is 2.17. The van der Waals surface area contributed by atoms with Gasteiger partial charge in [-0.1, -0.05) is 23.8 Å². The number of hydrogen-bond acceptors (Lipinski definition) is 3. The SMILES string of the molecule is Cc1ccc(C)c(CC2C(=O)OC(C)(C)C2=O)c1. The van der Waals surface area contributed by atoms with Gasteiger partial charge in [0.2, 0.25) is 0 Å². The number of cyclic esters (lactones) is 1. The number of benzene rings is 1. The highest BCUT2D eigenvalue weighted by Crippen LogP contribution is 2.30. The molecule has 1 aromatic carbocycles. The average Bonchev–Trinajstić information content (AvgIpc) is 2.46. The standard InChI is InChI=1S/C15H18O3/c1-9-5-6-10(2)11(7-9)8-12-13(16)15(3,4)18-14(12)17/h5-7,12H,8H2,1-4H3. The van der Waals surface area contributed by atoms with Crippen LogP contribution in [0.1, 0.15) is 30.5 Å². The lowest BCUT2D eigenvalue weighted by molar-refractivity contribution is -0.149. The molecular weight excluding hydrogens is 228 g/mol. The van der Waals surface area contributed by atoms with Crippen LogP contribution in [-0.4, -0.2) is 17.4 Å². The van der Waals surface area contributed by atoms with Crippen molar-refractivity contribution in [2.24, 2.45) is 5.92 Å². The van der Waals surface area contributed by atoms with Gasteiger partial charge in [-0.3, -0.25) is 9.59 Å². The second kappa shape index (κ2) is 4.23. The number of ketones is 1. The summed E-state index contributed by atoms with van der Waals surface area (Å²) in [4.78, 5) is 23.9. The number of esters is 1. The van der Waals surface area contributed by atoms with Crippen molar-refractivity contribution < 1.29 is 14.3 Å². The maximum Gasteiger partial charge on any atom is 0.317 e. The van der Waals surface area contributed by atoms with E-state index in [1.165, 1.54) is 0 Å². The Morgan fingerprint density at radius 2 is 1.89 bits per heavy atom. The summed E-state index contributed by atoms with van der Waals surface area (Å²) in [6.07, 6.45) is 0.439. The Kier molecular flexibility index (Phi) is 3.01. The van der Waals surface area contributed by atoms with Gasteiger partial charge in [0, 0.05) is 0 Å². The molecule has 0 spiro atoms. The van der Waals surface area contributed by atoms with Crippen LogP contribution >= 0.6 is 0 Å². The van der Waals surface area contributed by atoms with Crippen molar-refractivity contribution in [1.29, 1.82) is 0 Å². The predicted octanol–water partition coefficient (Wildman–Crippen LogP) is 2.37. The maximum atomic E-state index is 12.1. The zero-order valence-corrected chi connectivity index (χ0v) is 11.2. The van der Waals surface area contributed by atoms with E-state index < -0.39 is 17.5 Å². The Labute approximate surface area is 107 Å². The predicted molar refractivity (Wildman–Crippen MR) is 68.3 cm³/mol. The molecule has 1 unspecified atom stereocenters. The number of rotatable bonds is 2. The van der Waals surface area contributed by atoms with E-state index in [1.807, 2.05) is 32.0 Å². The van der Waals surface area contributed by atoms with E-state index in [2.05, 4.69) is 0 Å². The molecule has 96 valence electrons. The number of hydrogen-bond donors (Lipinski definition) is 0.